The molecule has 0 saturated heterocycles. The van der Waals surface area contributed by atoms with E-state index in [0.29, 0.717) is 0 Å². The number of terminal acetylenes is 1. The number of rotatable bonds is 1. The molecule has 0 fully saturated rings. The van der Waals surface area contributed by atoms with E-state index in [0.717, 1.165) is 27.9 Å². The first-order valence-corrected chi connectivity index (χ1v) is 6.95. The van der Waals surface area contributed by atoms with Crippen LogP contribution in [0.25, 0.3) is 11.3 Å². The Morgan fingerprint density at radius 1 is 0.727 bits per heavy atom. The van der Waals surface area contributed by atoms with Crippen molar-refractivity contribution in [1.82, 2.24) is 4.98 Å². The summed E-state index contributed by atoms with van der Waals surface area (Å²) >= 11 is 0. The van der Waals surface area contributed by atoms with E-state index in [9.17, 15) is 0 Å². The van der Waals surface area contributed by atoms with Gasteiger partial charge in [-0.2, -0.15) is 0 Å². The molecular weight excluding hydrogens is 266 g/mol. The summed E-state index contributed by atoms with van der Waals surface area (Å²) in [6.45, 7) is 0. The average molecular weight is 279 g/mol. The van der Waals surface area contributed by atoms with Crippen LogP contribution < -0.4 is 0 Å². The quantitative estimate of drug-likeness (QED) is 0.610. The molecule has 0 N–H and O–H groups in total. The highest BCUT2D eigenvalue weighted by molar-refractivity contribution is 5.60. The summed E-state index contributed by atoms with van der Waals surface area (Å²) in [5.41, 5.74) is 4.77. The fourth-order valence-corrected chi connectivity index (χ4v) is 2.09. The van der Waals surface area contributed by atoms with Crippen molar-refractivity contribution in [3.05, 3.63) is 89.6 Å². The van der Waals surface area contributed by atoms with Crippen LogP contribution in [0.4, 0.5) is 0 Å². The van der Waals surface area contributed by atoms with Crippen molar-refractivity contribution in [3.8, 4) is 35.4 Å². The van der Waals surface area contributed by atoms with E-state index in [1.54, 1.807) is 6.20 Å². The SMILES string of the molecule is C#Cc1cccc(C#Cc2ccc(-c3ccccn3)cc2)c1. The molecule has 0 bridgehead atoms. The molecule has 1 heteroatoms. The Morgan fingerprint density at radius 2 is 1.50 bits per heavy atom. The Hall–Kier alpha value is -3.29. The highest BCUT2D eigenvalue weighted by Gasteiger charge is 1.97. The number of benzene rings is 2. The minimum atomic E-state index is 0.845. The molecule has 0 amide bonds. The molecule has 0 unspecified atom stereocenters. The number of pyridine rings is 1. The molecule has 1 nitrogen and oxygen atoms in total. The third-order valence-electron chi connectivity index (χ3n) is 3.23. The lowest BCUT2D eigenvalue weighted by Gasteiger charge is -1.99. The van der Waals surface area contributed by atoms with Gasteiger partial charge in [0.05, 0.1) is 5.69 Å². The van der Waals surface area contributed by atoms with Gasteiger partial charge < -0.3 is 0 Å². The van der Waals surface area contributed by atoms with Crippen LogP contribution in [0.2, 0.25) is 0 Å². The second kappa shape index (κ2) is 6.44. The van der Waals surface area contributed by atoms with Crippen LogP contribution in [-0.2, 0) is 0 Å². The van der Waals surface area contributed by atoms with E-state index >= 15 is 0 Å². The second-order valence-electron chi connectivity index (χ2n) is 4.77. The predicted octanol–water partition coefficient (Wildman–Crippen LogP) is 4.13. The topological polar surface area (TPSA) is 12.9 Å². The zero-order chi connectivity index (χ0) is 15.2. The van der Waals surface area contributed by atoms with Crippen molar-refractivity contribution in [2.24, 2.45) is 0 Å². The first-order valence-electron chi connectivity index (χ1n) is 6.95. The molecule has 0 radical (unpaired) electrons. The van der Waals surface area contributed by atoms with E-state index in [1.165, 1.54) is 0 Å². The van der Waals surface area contributed by atoms with Gasteiger partial charge in [0.25, 0.3) is 0 Å². The number of nitrogens with zero attached hydrogens (tertiary/aromatic N) is 1. The maximum absolute atomic E-state index is 5.39. The van der Waals surface area contributed by atoms with Gasteiger partial charge in [0.2, 0.25) is 0 Å². The zero-order valence-electron chi connectivity index (χ0n) is 12.0. The third-order valence-corrected chi connectivity index (χ3v) is 3.23. The monoisotopic (exact) mass is 279 g/mol. The van der Waals surface area contributed by atoms with Crippen LogP contribution in [0.5, 0.6) is 0 Å². The summed E-state index contributed by atoms with van der Waals surface area (Å²) in [6.07, 6.45) is 7.19. The minimum Gasteiger partial charge on any atom is -0.256 e. The molecule has 3 aromatic rings. The smallest absolute Gasteiger partial charge is 0.0701 e. The lowest BCUT2D eigenvalue weighted by molar-refractivity contribution is 1.33. The molecule has 0 saturated carbocycles. The van der Waals surface area contributed by atoms with Crippen LogP contribution >= 0.6 is 0 Å². The Kier molecular flexibility index (Phi) is 4.01. The summed E-state index contributed by atoms with van der Waals surface area (Å²) in [7, 11) is 0. The van der Waals surface area contributed by atoms with Crippen molar-refractivity contribution in [2.45, 2.75) is 0 Å². The summed E-state index contributed by atoms with van der Waals surface area (Å²) in [6, 6.07) is 21.6. The largest absolute Gasteiger partial charge is 0.256 e. The highest BCUT2D eigenvalue weighted by Crippen LogP contribution is 2.16. The van der Waals surface area contributed by atoms with E-state index < -0.39 is 0 Å². The van der Waals surface area contributed by atoms with Crippen LogP contribution in [-0.4, -0.2) is 4.98 Å². The molecule has 0 atom stereocenters. The number of hydrogen-bond donors (Lipinski definition) is 0. The van der Waals surface area contributed by atoms with E-state index in [2.05, 4.69) is 22.7 Å². The lowest BCUT2D eigenvalue weighted by Crippen LogP contribution is -1.82. The third kappa shape index (κ3) is 3.23. The summed E-state index contributed by atoms with van der Waals surface area (Å²) in [5, 5.41) is 0. The maximum atomic E-state index is 5.39. The van der Waals surface area contributed by atoms with Crippen LogP contribution in [0.1, 0.15) is 16.7 Å². The van der Waals surface area contributed by atoms with Gasteiger partial charge >= 0.3 is 0 Å². The van der Waals surface area contributed by atoms with E-state index in [-0.39, 0.29) is 0 Å². The minimum absolute atomic E-state index is 0.845. The van der Waals surface area contributed by atoms with Crippen molar-refractivity contribution < 1.29 is 0 Å². The van der Waals surface area contributed by atoms with Crippen LogP contribution in [0.15, 0.2) is 72.9 Å². The maximum Gasteiger partial charge on any atom is 0.0701 e. The van der Waals surface area contributed by atoms with Crippen molar-refractivity contribution in [1.29, 1.82) is 0 Å². The summed E-state index contributed by atoms with van der Waals surface area (Å²) in [5.74, 6) is 8.90. The van der Waals surface area contributed by atoms with Crippen molar-refractivity contribution >= 4 is 0 Å². The molecule has 0 spiro atoms. The number of aromatic nitrogens is 1. The van der Waals surface area contributed by atoms with Gasteiger partial charge in [-0.1, -0.05) is 42.0 Å². The molecular formula is C21H13N. The molecule has 0 aliphatic rings. The molecule has 1 aromatic heterocycles. The molecule has 1 heterocycles. The van der Waals surface area contributed by atoms with Crippen molar-refractivity contribution in [3.63, 3.8) is 0 Å². The van der Waals surface area contributed by atoms with Crippen LogP contribution in [0.3, 0.4) is 0 Å². The molecule has 3 rings (SSSR count). The first-order chi connectivity index (χ1) is 10.8. The summed E-state index contributed by atoms with van der Waals surface area (Å²) < 4.78 is 0. The summed E-state index contributed by atoms with van der Waals surface area (Å²) in [4.78, 5) is 4.34. The van der Waals surface area contributed by atoms with E-state index in [4.69, 9.17) is 6.42 Å². The average Bonchev–Trinajstić information content (AvgIpc) is 2.61. The second-order valence-corrected chi connectivity index (χ2v) is 4.77. The molecule has 2 aromatic carbocycles. The Labute approximate surface area is 130 Å². The lowest BCUT2D eigenvalue weighted by atomic mass is 10.1. The van der Waals surface area contributed by atoms with Crippen LogP contribution in [0, 0.1) is 24.2 Å². The van der Waals surface area contributed by atoms with Gasteiger partial charge in [-0.3, -0.25) is 4.98 Å². The first kappa shape index (κ1) is 13.7. The molecule has 0 aliphatic carbocycles. The van der Waals surface area contributed by atoms with Gasteiger partial charge in [-0.25, -0.2) is 0 Å². The molecule has 102 valence electrons. The number of hydrogen-bond acceptors (Lipinski definition) is 1. The normalized spacial score (nSPS) is 9.41. The fraction of sp³-hybridized carbons (Fsp3) is 0. The fourth-order valence-electron chi connectivity index (χ4n) is 2.09. The molecule has 22 heavy (non-hydrogen) atoms. The Morgan fingerprint density at radius 3 is 2.23 bits per heavy atom. The Bertz CT molecular complexity index is 873. The standard InChI is InChI=1S/C21H13N/c1-2-17-6-5-7-19(16-17)10-9-18-11-13-20(14-12-18)21-8-3-4-15-22-21/h1,3-8,11-16H. The van der Waals surface area contributed by atoms with Gasteiger partial charge in [-0.05, 0) is 42.5 Å². The predicted molar refractivity (Wildman–Crippen MR) is 90.0 cm³/mol. The Balaban J connectivity index is 1.83. The van der Waals surface area contributed by atoms with Gasteiger partial charge in [0.15, 0.2) is 0 Å². The van der Waals surface area contributed by atoms with Crippen molar-refractivity contribution in [2.75, 3.05) is 0 Å². The highest BCUT2D eigenvalue weighted by atomic mass is 14.7. The molecule has 0 aliphatic heterocycles. The zero-order valence-corrected chi connectivity index (χ0v) is 12.0. The van der Waals surface area contributed by atoms with E-state index in [1.807, 2.05) is 66.7 Å². The van der Waals surface area contributed by atoms with Gasteiger partial charge in [0, 0.05) is 28.5 Å². The van der Waals surface area contributed by atoms with Gasteiger partial charge in [0.1, 0.15) is 0 Å². The van der Waals surface area contributed by atoms with Gasteiger partial charge in [-0.15, -0.1) is 6.42 Å².